The van der Waals surface area contributed by atoms with E-state index < -0.39 is 0 Å². The Morgan fingerprint density at radius 3 is 2.63 bits per heavy atom. The van der Waals surface area contributed by atoms with Crippen LogP contribution in [0.15, 0.2) is 18.2 Å². The number of nitrogens with two attached hydrogens (primary N) is 1. The summed E-state index contributed by atoms with van der Waals surface area (Å²) in [6.45, 7) is 3.87. The van der Waals surface area contributed by atoms with Gasteiger partial charge in [0, 0.05) is 12.3 Å². The van der Waals surface area contributed by atoms with E-state index in [2.05, 4.69) is 12.1 Å². The van der Waals surface area contributed by atoms with E-state index in [0.29, 0.717) is 18.4 Å². The van der Waals surface area contributed by atoms with Crippen LogP contribution in [0, 0.1) is 5.92 Å². The molecule has 1 aromatic rings. The van der Waals surface area contributed by atoms with E-state index in [1.165, 1.54) is 5.56 Å². The first-order chi connectivity index (χ1) is 9.36. The number of hydrogen-bond donors (Lipinski definition) is 1. The molecule has 2 heterocycles. The molecule has 0 spiro atoms. The summed E-state index contributed by atoms with van der Waals surface area (Å²) in [6.07, 6.45) is 2.03. The zero-order valence-corrected chi connectivity index (χ0v) is 11.1. The Balaban J connectivity index is 1.76. The number of rotatable bonds is 4. The molecule has 1 saturated heterocycles. The number of benzene rings is 1. The lowest BCUT2D eigenvalue weighted by Gasteiger charge is -2.29. The first kappa shape index (κ1) is 12.8. The van der Waals surface area contributed by atoms with Gasteiger partial charge in [-0.2, -0.15) is 0 Å². The minimum atomic E-state index is 0.381. The third-order valence-corrected chi connectivity index (χ3v) is 3.85. The molecule has 1 fully saturated rings. The summed E-state index contributed by atoms with van der Waals surface area (Å²) in [4.78, 5) is 0. The van der Waals surface area contributed by atoms with E-state index in [4.69, 9.17) is 19.9 Å². The SMILES string of the molecule is NCC(CC1COC1)c1ccc2c(c1)OCCCO2. The Labute approximate surface area is 113 Å². The normalized spacial score (nSPS) is 20.5. The molecular formula is C15H21NO3. The van der Waals surface area contributed by atoms with E-state index in [1.807, 2.05) is 6.07 Å². The zero-order valence-electron chi connectivity index (χ0n) is 11.1. The van der Waals surface area contributed by atoms with Crippen molar-refractivity contribution in [2.24, 2.45) is 11.7 Å². The lowest BCUT2D eigenvalue weighted by Crippen LogP contribution is -2.30. The van der Waals surface area contributed by atoms with Gasteiger partial charge in [-0.25, -0.2) is 0 Å². The predicted molar refractivity (Wildman–Crippen MR) is 72.8 cm³/mol. The van der Waals surface area contributed by atoms with Crippen molar-refractivity contribution >= 4 is 0 Å². The standard InChI is InChI=1S/C15H21NO3/c16-8-13(6-11-9-17-10-11)12-2-3-14-15(7-12)19-5-1-4-18-14/h2-3,7,11,13H,1,4-6,8-10,16H2. The zero-order chi connectivity index (χ0) is 13.1. The van der Waals surface area contributed by atoms with Crippen LogP contribution >= 0.6 is 0 Å². The molecule has 2 aliphatic rings. The van der Waals surface area contributed by atoms with Crippen LogP contribution in [0.4, 0.5) is 0 Å². The lowest BCUT2D eigenvalue weighted by atomic mass is 9.88. The van der Waals surface area contributed by atoms with Crippen LogP contribution in [0.25, 0.3) is 0 Å². The van der Waals surface area contributed by atoms with E-state index >= 15 is 0 Å². The van der Waals surface area contributed by atoms with Crippen molar-refractivity contribution in [3.63, 3.8) is 0 Å². The highest BCUT2D eigenvalue weighted by molar-refractivity contribution is 5.44. The topological polar surface area (TPSA) is 53.7 Å². The Bertz CT molecular complexity index is 431. The first-order valence-electron chi connectivity index (χ1n) is 7.04. The molecule has 2 N–H and O–H groups in total. The summed E-state index contributed by atoms with van der Waals surface area (Å²) in [5.74, 6) is 2.75. The van der Waals surface area contributed by atoms with Crippen LogP contribution < -0.4 is 15.2 Å². The van der Waals surface area contributed by atoms with Gasteiger partial charge in [-0.1, -0.05) is 6.07 Å². The van der Waals surface area contributed by atoms with Gasteiger partial charge in [0.2, 0.25) is 0 Å². The Hall–Kier alpha value is -1.26. The largest absolute Gasteiger partial charge is 0.490 e. The number of fused-ring (bicyclic) bond motifs is 1. The number of hydrogen-bond acceptors (Lipinski definition) is 4. The third-order valence-electron chi connectivity index (χ3n) is 3.85. The summed E-state index contributed by atoms with van der Waals surface area (Å²) >= 11 is 0. The maximum atomic E-state index is 5.93. The fourth-order valence-electron chi connectivity index (χ4n) is 2.63. The Morgan fingerprint density at radius 1 is 1.16 bits per heavy atom. The molecule has 3 rings (SSSR count). The lowest BCUT2D eigenvalue weighted by molar-refractivity contribution is -0.0382. The molecule has 0 bridgehead atoms. The summed E-state index contributed by atoms with van der Waals surface area (Å²) in [5.41, 5.74) is 7.17. The van der Waals surface area contributed by atoms with Crippen molar-refractivity contribution < 1.29 is 14.2 Å². The molecule has 2 aliphatic heterocycles. The van der Waals surface area contributed by atoms with Crippen molar-refractivity contribution in [2.45, 2.75) is 18.8 Å². The van der Waals surface area contributed by atoms with Crippen LogP contribution in [0.1, 0.15) is 24.3 Å². The highest BCUT2D eigenvalue weighted by Gasteiger charge is 2.24. The van der Waals surface area contributed by atoms with Crippen molar-refractivity contribution in [1.82, 2.24) is 0 Å². The molecule has 104 valence electrons. The predicted octanol–water partition coefficient (Wildman–Crippen LogP) is 1.93. The number of ether oxygens (including phenoxy) is 3. The van der Waals surface area contributed by atoms with Gasteiger partial charge in [-0.05, 0) is 36.6 Å². The summed E-state index contributed by atoms with van der Waals surface area (Å²) in [5, 5.41) is 0. The van der Waals surface area contributed by atoms with E-state index in [-0.39, 0.29) is 0 Å². The van der Waals surface area contributed by atoms with Crippen LogP contribution in [0.3, 0.4) is 0 Å². The van der Waals surface area contributed by atoms with Crippen molar-refractivity contribution in [1.29, 1.82) is 0 Å². The molecule has 0 radical (unpaired) electrons. The highest BCUT2D eigenvalue weighted by atomic mass is 16.5. The molecule has 0 aromatic heterocycles. The van der Waals surface area contributed by atoms with Gasteiger partial charge in [-0.3, -0.25) is 0 Å². The quantitative estimate of drug-likeness (QED) is 0.901. The van der Waals surface area contributed by atoms with Gasteiger partial charge in [-0.15, -0.1) is 0 Å². The third kappa shape index (κ3) is 2.85. The molecule has 1 aromatic carbocycles. The summed E-state index contributed by atoms with van der Waals surface area (Å²) < 4.78 is 16.6. The molecule has 0 aliphatic carbocycles. The van der Waals surface area contributed by atoms with Crippen LogP contribution in [-0.2, 0) is 4.74 Å². The van der Waals surface area contributed by atoms with Crippen LogP contribution in [-0.4, -0.2) is 33.0 Å². The molecule has 1 unspecified atom stereocenters. The van der Waals surface area contributed by atoms with Gasteiger partial charge in [0.15, 0.2) is 11.5 Å². The van der Waals surface area contributed by atoms with Crippen molar-refractivity contribution in [3.8, 4) is 11.5 Å². The van der Waals surface area contributed by atoms with Crippen molar-refractivity contribution in [2.75, 3.05) is 33.0 Å². The van der Waals surface area contributed by atoms with Gasteiger partial charge >= 0.3 is 0 Å². The minimum absolute atomic E-state index is 0.381. The fourth-order valence-corrected chi connectivity index (χ4v) is 2.63. The van der Waals surface area contributed by atoms with Crippen LogP contribution in [0.5, 0.6) is 11.5 Å². The summed E-state index contributed by atoms with van der Waals surface area (Å²) in [7, 11) is 0. The first-order valence-corrected chi connectivity index (χ1v) is 7.04. The average molecular weight is 263 g/mol. The van der Waals surface area contributed by atoms with Gasteiger partial charge < -0.3 is 19.9 Å². The second kappa shape index (κ2) is 5.80. The molecular weight excluding hydrogens is 242 g/mol. The van der Waals surface area contributed by atoms with E-state index in [9.17, 15) is 0 Å². The maximum Gasteiger partial charge on any atom is 0.161 e. The average Bonchev–Trinajstić information content (AvgIpc) is 2.62. The molecule has 4 heteroatoms. The highest BCUT2D eigenvalue weighted by Crippen LogP contribution is 2.35. The summed E-state index contributed by atoms with van der Waals surface area (Å²) in [6, 6.07) is 6.22. The van der Waals surface area contributed by atoms with Gasteiger partial charge in [0.05, 0.1) is 26.4 Å². The van der Waals surface area contributed by atoms with Gasteiger partial charge in [0.25, 0.3) is 0 Å². The maximum absolute atomic E-state index is 5.93. The minimum Gasteiger partial charge on any atom is -0.490 e. The molecule has 4 nitrogen and oxygen atoms in total. The molecule has 0 saturated carbocycles. The second-order valence-corrected chi connectivity index (χ2v) is 5.33. The molecule has 0 amide bonds. The monoisotopic (exact) mass is 263 g/mol. The fraction of sp³-hybridized carbons (Fsp3) is 0.600. The van der Waals surface area contributed by atoms with E-state index in [0.717, 1.165) is 50.8 Å². The Morgan fingerprint density at radius 2 is 1.95 bits per heavy atom. The molecule has 1 atom stereocenters. The Kier molecular flexibility index (Phi) is 3.89. The van der Waals surface area contributed by atoms with Crippen molar-refractivity contribution in [3.05, 3.63) is 23.8 Å². The smallest absolute Gasteiger partial charge is 0.161 e. The van der Waals surface area contributed by atoms with E-state index in [1.54, 1.807) is 0 Å². The van der Waals surface area contributed by atoms with Crippen LogP contribution in [0.2, 0.25) is 0 Å². The second-order valence-electron chi connectivity index (χ2n) is 5.33. The molecule has 19 heavy (non-hydrogen) atoms. The van der Waals surface area contributed by atoms with Gasteiger partial charge in [0.1, 0.15) is 0 Å².